The number of carboxylic acids is 1. The maximum Gasteiger partial charge on any atom is 0.316 e. The number of benzene rings is 1. The van der Waals surface area contributed by atoms with E-state index in [9.17, 15) is 9.00 Å². The molecule has 0 radical (unpaired) electrons. The van der Waals surface area contributed by atoms with Gasteiger partial charge in [-0.25, -0.2) is 0 Å². The number of aryl methyl sites for hydroxylation is 2. The maximum atomic E-state index is 11.5. The van der Waals surface area contributed by atoms with Crippen molar-refractivity contribution in [1.82, 2.24) is 0 Å². The number of rotatable bonds is 3. The molecule has 0 saturated heterocycles. The summed E-state index contributed by atoms with van der Waals surface area (Å²) in [7, 11) is -1.43. The number of hydrogen-bond donors (Lipinski definition) is 1. The Hall–Kier alpha value is -1.16. The standard InChI is InChI=1S/C10H12O3S/c1-7-3-4-9(8(2)5-7)14(13)6-10(11)12/h3-5H,6H2,1-2H3,(H,11,12). The van der Waals surface area contributed by atoms with Gasteiger partial charge >= 0.3 is 5.97 Å². The second-order valence-corrected chi connectivity index (χ2v) is 4.57. The molecule has 0 saturated carbocycles. The van der Waals surface area contributed by atoms with E-state index in [4.69, 9.17) is 5.11 Å². The highest BCUT2D eigenvalue weighted by Crippen LogP contribution is 2.14. The third kappa shape index (κ3) is 2.67. The summed E-state index contributed by atoms with van der Waals surface area (Å²) >= 11 is 0. The molecule has 0 aromatic heterocycles. The second-order valence-electron chi connectivity index (χ2n) is 3.15. The van der Waals surface area contributed by atoms with Gasteiger partial charge < -0.3 is 5.11 Å². The van der Waals surface area contributed by atoms with Crippen molar-refractivity contribution in [2.45, 2.75) is 18.7 Å². The lowest BCUT2D eigenvalue weighted by molar-refractivity contribution is -0.133. The molecule has 0 heterocycles. The van der Waals surface area contributed by atoms with Gasteiger partial charge in [0.15, 0.2) is 0 Å². The van der Waals surface area contributed by atoms with Gasteiger partial charge in [-0.05, 0) is 25.5 Å². The Morgan fingerprint density at radius 3 is 2.57 bits per heavy atom. The van der Waals surface area contributed by atoms with Gasteiger partial charge in [0, 0.05) is 4.90 Å². The normalized spacial score (nSPS) is 12.4. The van der Waals surface area contributed by atoms with Crippen LogP contribution < -0.4 is 0 Å². The third-order valence-electron chi connectivity index (χ3n) is 1.83. The first kappa shape index (κ1) is 10.9. The lowest BCUT2D eigenvalue weighted by Gasteiger charge is -2.04. The van der Waals surface area contributed by atoms with Gasteiger partial charge in [0.05, 0.1) is 10.8 Å². The number of hydrogen-bond acceptors (Lipinski definition) is 2. The van der Waals surface area contributed by atoms with Gasteiger partial charge in [0.2, 0.25) is 0 Å². The zero-order valence-corrected chi connectivity index (χ0v) is 8.93. The second kappa shape index (κ2) is 4.37. The van der Waals surface area contributed by atoms with Crippen molar-refractivity contribution in [2.75, 3.05) is 5.75 Å². The van der Waals surface area contributed by atoms with Crippen molar-refractivity contribution in [1.29, 1.82) is 0 Å². The van der Waals surface area contributed by atoms with Crippen molar-refractivity contribution in [3.8, 4) is 0 Å². The van der Waals surface area contributed by atoms with E-state index >= 15 is 0 Å². The van der Waals surface area contributed by atoms with Gasteiger partial charge in [-0.15, -0.1) is 0 Å². The Kier molecular flexibility index (Phi) is 3.41. The van der Waals surface area contributed by atoms with E-state index in [0.717, 1.165) is 11.1 Å². The van der Waals surface area contributed by atoms with E-state index in [-0.39, 0.29) is 5.75 Å². The Bertz CT molecular complexity index is 385. The van der Waals surface area contributed by atoms with E-state index in [1.807, 2.05) is 26.0 Å². The van der Waals surface area contributed by atoms with E-state index in [1.54, 1.807) is 6.07 Å². The first-order valence-corrected chi connectivity index (χ1v) is 5.50. The topological polar surface area (TPSA) is 54.4 Å². The highest BCUT2D eigenvalue weighted by atomic mass is 32.2. The van der Waals surface area contributed by atoms with E-state index in [1.165, 1.54) is 0 Å². The van der Waals surface area contributed by atoms with Crippen molar-refractivity contribution < 1.29 is 14.1 Å². The van der Waals surface area contributed by atoms with Crippen LogP contribution in [0.1, 0.15) is 11.1 Å². The highest BCUT2D eigenvalue weighted by molar-refractivity contribution is 7.85. The minimum absolute atomic E-state index is 0.329. The van der Waals surface area contributed by atoms with E-state index in [2.05, 4.69) is 0 Å². The van der Waals surface area contributed by atoms with Crippen LogP contribution in [0.2, 0.25) is 0 Å². The quantitative estimate of drug-likeness (QED) is 0.826. The van der Waals surface area contributed by atoms with Crippen LogP contribution in [0, 0.1) is 13.8 Å². The van der Waals surface area contributed by atoms with Gasteiger partial charge in [-0.1, -0.05) is 17.7 Å². The number of aliphatic carboxylic acids is 1. The largest absolute Gasteiger partial charge is 0.481 e. The molecule has 3 nitrogen and oxygen atoms in total. The fourth-order valence-electron chi connectivity index (χ4n) is 1.24. The average Bonchev–Trinajstić information content (AvgIpc) is 2.01. The average molecular weight is 212 g/mol. The lowest BCUT2D eigenvalue weighted by Crippen LogP contribution is -2.10. The molecule has 1 rings (SSSR count). The van der Waals surface area contributed by atoms with Crippen molar-refractivity contribution >= 4 is 16.8 Å². The van der Waals surface area contributed by atoms with E-state index < -0.39 is 16.8 Å². The first-order chi connectivity index (χ1) is 6.50. The lowest BCUT2D eigenvalue weighted by atomic mass is 10.2. The van der Waals surface area contributed by atoms with Crippen LogP contribution in [0.25, 0.3) is 0 Å². The third-order valence-corrected chi connectivity index (χ3v) is 3.29. The van der Waals surface area contributed by atoms with Crippen LogP contribution in [0.3, 0.4) is 0 Å². The molecule has 0 aliphatic rings. The van der Waals surface area contributed by atoms with Crippen LogP contribution in [0.4, 0.5) is 0 Å². The SMILES string of the molecule is Cc1ccc(S(=O)CC(=O)O)c(C)c1. The molecule has 76 valence electrons. The van der Waals surface area contributed by atoms with Crippen molar-refractivity contribution in [3.63, 3.8) is 0 Å². The molecule has 1 aromatic carbocycles. The van der Waals surface area contributed by atoms with Crippen LogP contribution in [-0.4, -0.2) is 21.0 Å². The van der Waals surface area contributed by atoms with Gasteiger partial charge in [0.25, 0.3) is 0 Å². The van der Waals surface area contributed by atoms with Gasteiger partial charge in [0.1, 0.15) is 5.75 Å². The molecular formula is C10H12O3S. The van der Waals surface area contributed by atoms with Crippen molar-refractivity contribution in [3.05, 3.63) is 29.3 Å². The first-order valence-electron chi connectivity index (χ1n) is 4.18. The zero-order chi connectivity index (χ0) is 10.7. The summed E-state index contributed by atoms with van der Waals surface area (Å²) in [6, 6.07) is 5.46. The minimum atomic E-state index is -1.43. The van der Waals surface area contributed by atoms with Gasteiger partial charge in [-0.2, -0.15) is 0 Å². The summed E-state index contributed by atoms with van der Waals surface area (Å²) in [4.78, 5) is 11.0. The summed E-state index contributed by atoms with van der Waals surface area (Å²) in [5.74, 6) is -1.37. The number of carboxylic acid groups (broad SMARTS) is 1. The fourth-order valence-corrected chi connectivity index (χ4v) is 2.26. The molecule has 0 amide bonds. The summed E-state index contributed by atoms with van der Waals surface area (Å²) in [6.45, 7) is 3.78. The fraction of sp³-hybridized carbons (Fsp3) is 0.300. The molecule has 1 atom stereocenters. The molecule has 0 spiro atoms. The van der Waals surface area contributed by atoms with Gasteiger partial charge in [-0.3, -0.25) is 9.00 Å². The van der Waals surface area contributed by atoms with E-state index in [0.29, 0.717) is 4.90 Å². The Labute approximate surface area is 85.2 Å². The van der Waals surface area contributed by atoms with Crippen LogP contribution in [0.15, 0.2) is 23.1 Å². The molecule has 0 fully saturated rings. The predicted molar refractivity (Wildman–Crippen MR) is 54.8 cm³/mol. The monoisotopic (exact) mass is 212 g/mol. The molecule has 1 aromatic rings. The molecule has 1 unspecified atom stereocenters. The zero-order valence-electron chi connectivity index (χ0n) is 8.11. The summed E-state index contributed by atoms with van der Waals surface area (Å²) in [5, 5.41) is 8.50. The molecule has 1 N–H and O–H groups in total. The summed E-state index contributed by atoms with van der Waals surface area (Å²) in [6.07, 6.45) is 0. The summed E-state index contributed by atoms with van der Waals surface area (Å²) in [5.41, 5.74) is 1.96. The molecule has 0 aliphatic heterocycles. The molecule has 4 heteroatoms. The van der Waals surface area contributed by atoms with Crippen LogP contribution in [-0.2, 0) is 15.6 Å². The Morgan fingerprint density at radius 2 is 2.07 bits per heavy atom. The van der Waals surface area contributed by atoms with Crippen LogP contribution >= 0.6 is 0 Å². The molecule has 0 aliphatic carbocycles. The highest BCUT2D eigenvalue weighted by Gasteiger charge is 2.10. The predicted octanol–water partition coefficient (Wildman–Crippen LogP) is 1.50. The minimum Gasteiger partial charge on any atom is -0.481 e. The number of carbonyl (C=O) groups is 1. The summed E-state index contributed by atoms with van der Waals surface area (Å²) < 4.78 is 11.5. The smallest absolute Gasteiger partial charge is 0.316 e. The Balaban J connectivity index is 2.96. The molecule has 0 bridgehead atoms. The molecule has 14 heavy (non-hydrogen) atoms. The molecular weight excluding hydrogens is 200 g/mol. The Morgan fingerprint density at radius 1 is 1.43 bits per heavy atom. The van der Waals surface area contributed by atoms with Crippen LogP contribution in [0.5, 0.6) is 0 Å². The van der Waals surface area contributed by atoms with Crippen molar-refractivity contribution in [2.24, 2.45) is 0 Å². The maximum absolute atomic E-state index is 11.5.